The van der Waals surface area contributed by atoms with E-state index in [4.69, 9.17) is 4.42 Å². The van der Waals surface area contributed by atoms with Gasteiger partial charge in [0.05, 0.1) is 30.8 Å². The van der Waals surface area contributed by atoms with Crippen molar-refractivity contribution in [1.82, 2.24) is 20.2 Å². The highest BCUT2D eigenvalue weighted by molar-refractivity contribution is 7.93. The normalized spacial score (nSPS) is 12.5. The van der Waals surface area contributed by atoms with Gasteiger partial charge in [-0.15, -0.1) is 21.5 Å². The third-order valence-electron chi connectivity index (χ3n) is 3.23. The predicted molar refractivity (Wildman–Crippen MR) is 85.7 cm³/mol. The number of alkyl halides is 5. The van der Waals surface area contributed by atoms with Gasteiger partial charge in [-0.25, -0.2) is 9.37 Å². The van der Waals surface area contributed by atoms with Gasteiger partial charge in [0.2, 0.25) is 0 Å². The molecule has 3 aromatic heterocycles. The zero-order valence-electron chi connectivity index (χ0n) is 13.6. The van der Waals surface area contributed by atoms with Crippen molar-refractivity contribution >= 4 is 27.0 Å². The summed E-state index contributed by atoms with van der Waals surface area (Å²) in [5.41, 5.74) is -6.37. The number of aromatic nitrogens is 4. The number of hydrogen-bond donors (Lipinski definition) is 0. The smallest absolute Gasteiger partial charge is 0.414 e. The Labute approximate surface area is 161 Å². The van der Waals surface area contributed by atoms with Crippen LogP contribution in [-0.2, 0) is 16.6 Å². The lowest BCUT2D eigenvalue weighted by molar-refractivity contribution is -0.0438. The second-order valence-corrected chi connectivity index (χ2v) is 8.15. The molecular weight excluding hydrogens is 452 g/mol. The molecule has 3 aromatic rings. The fraction of sp³-hybridized carbons (Fsp3) is 0.231. The van der Waals surface area contributed by atoms with Gasteiger partial charge in [0, 0.05) is 6.07 Å². The fourth-order valence-corrected chi connectivity index (χ4v) is 3.83. The average molecular weight is 459 g/mol. The average Bonchev–Trinajstić information content (AvgIpc) is 3.28. The van der Waals surface area contributed by atoms with Crippen LogP contribution in [0.1, 0.15) is 17.3 Å². The minimum atomic E-state index is -5.93. The Morgan fingerprint density at radius 3 is 2.48 bits per heavy atom. The third-order valence-corrected chi connectivity index (χ3v) is 5.71. The van der Waals surface area contributed by atoms with Gasteiger partial charge < -0.3 is 4.42 Å². The van der Waals surface area contributed by atoms with Crippen LogP contribution in [0.5, 0.6) is 0 Å². The van der Waals surface area contributed by atoms with E-state index in [1.54, 1.807) is 0 Å². The Balaban J connectivity index is 1.96. The van der Waals surface area contributed by atoms with E-state index in [2.05, 4.69) is 20.2 Å². The minimum Gasteiger partial charge on any atom is -0.414 e. The number of halogens is 6. The van der Waals surface area contributed by atoms with E-state index < -0.39 is 45.9 Å². The molecule has 3 rings (SSSR count). The molecular formula is C13H7F6N5O3S2. The highest BCUT2D eigenvalue weighted by Crippen LogP contribution is 2.34. The van der Waals surface area contributed by atoms with Crippen LogP contribution in [0.2, 0.25) is 0 Å². The molecule has 3 heterocycles. The summed E-state index contributed by atoms with van der Waals surface area (Å²) in [6.45, 7) is -0.937. The lowest BCUT2D eigenvalue weighted by Gasteiger charge is -2.24. The van der Waals surface area contributed by atoms with E-state index in [0.717, 1.165) is 12.4 Å². The molecule has 0 bridgehead atoms. The summed E-state index contributed by atoms with van der Waals surface area (Å²) >= 11 is 0.625. The van der Waals surface area contributed by atoms with Crippen LogP contribution in [0.4, 0.5) is 32.0 Å². The largest absolute Gasteiger partial charge is 0.516 e. The standard InChI is InChI=1S/C13H7F6N5O3S2/c14-6-1-7(3-20-2-6)24(29(25,26)13(17,18)19)5-9-21-4-8(28-9)11-22-23-12(27-11)10(15)16/h1-4,10H,5H2. The van der Waals surface area contributed by atoms with Gasteiger partial charge in [-0.2, -0.15) is 30.4 Å². The van der Waals surface area contributed by atoms with Crippen LogP contribution < -0.4 is 4.31 Å². The van der Waals surface area contributed by atoms with Crippen molar-refractivity contribution in [1.29, 1.82) is 0 Å². The molecule has 0 amide bonds. The third kappa shape index (κ3) is 4.31. The van der Waals surface area contributed by atoms with Crippen molar-refractivity contribution in [3.05, 3.63) is 41.4 Å². The number of rotatable bonds is 6. The Hall–Kier alpha value is -2.75. The van der Waals surface area contributed by atoms with Crippen molar-refractivity contribution in [2.45, 2.75) is 18.5 Å². The van der Waals surface area contributed by atoms with Gasteiger partial charge in [0.25, 0.3) is 11.8 Å². The van der Waals surface area contributed by atoms with Gasteiger partial charge >= 0.3 is 22.0 Å². The fourth-order valence-electron chi connectivity index (χ4n) is 2.00. The monoisotopic (exact) mass is 459 g/mol. The molecule has 0 saturated heterocycles. The van der Waals surface area contributed by atoms with Crippen LogP contribution in [0, 0.1) is 5.82 Å². The molecule has 0 fully saturated rings. The summed E-state index contributed by atoms with van der Waals surface area (Å²) in [4.78, 5) is 7.11. The van der Waals surface area contributed by atoms with Crippen LogP contribution in [0.15, 0.2) is 29.1 Å². The first-order valence-corrected chi connectivity index (χ1v) is 9.51. The van der Waals surface area contributed by atoms with Crippen LogP contribution in [-0.4, -0.2) is 34.1 Å². The Morgan fingerprint density at radius 1 is 1.17 bits per heavy atom. The molecule has 0 atom stereocenters. The summed E-state index contributed by atoms with van der Waals surface area (Å²) in [5.74, 6) is -2.40. The minimum absolute atomic E-state index is 0.0149. The Morgan fingerprint density at radius 2 is 1.90 bits per heavy atom. The zero-order valence-corrected chi connectivity index (χ0v) is 15.3. The van der Waals surface area contributed by atoms with Crippen molar-refractivity contribution in [2.24, 2.45) is 0 Å². The maximum atomic E-state index is 13.4. The quantitative estimate of drug-likeness (QED) is 0.520. The van der Waals surface area contributed by atoms with Crippen molar-refractivity contribution in [3.63, 3.8) is 0 Å². The summed E-state index contributed by atoms with van der Waals surface area (Å²) in [6, 6.07) is 0.553. The van der Waals surface area contributed by atoms with Gasteiger partial charge in [-0.3, -0.25) is 9.29 Å². The highest BCUT2D eigenvalue weighted by Gasteiger charge is 2.50. The van der Waals surface area contributed by atoms with Crippen molar-refractivity contribution in [3.8, 4) is 10.8 Å². The van der Waals surface area contributed by atoms with E-state index in [1.807, 2.05) is 0 Å². The highest BCUT2D eigenvalue weighted by atomic mass is 32.2. The first-order chi connectivity index (χ1) is 13.5. The number of nitrogens with zero attached hydrogens (tertiary/aromatic N) is 5. The molecule has 8 nitrogen and oxygen atoms in total. The van der Waals surface area contributed by atoms with E-state index in [-0.39, 0.29) is 20.1 Å². The molecule has 0 spiro atoms. The molecule has 0 saturated carbocycles. The van der Waals surface area contributed by atoms with Gasteiger partial charge in [0.15, 0.2) is 0 Å². The van der Waals surface area contributed by atoms with E-state index in [0.29, 0.717) is 23.6 Å². The molecule has 29 heavy (non-hydrogen) atoms. The first kappa shape index (κ1) is 21.0. The lowest BCUT2D eigenvalue weighted by atomic mass is 10.4. The van der Waals surface area contributed by atoms with Crippen molar-refractivity contribution < 1.29 is 39.2 Å². The molecule has 0 radical (unpaired) electrons. The number of anilines is 1. The molecule has 156 valence electrons. The SMILES string of the molecule is O=S(=O)(N(Cc1ncc(-c2nnc(C(F)F)o2)s1)c1cncc(F)c1)C(F)(F)F. The molecule has 0 aliphatic heterocycles. The second kappa shape index (κ2) is 7.58. The summed E-state index contributed by atoms with van der Waals surface area (Å²) in [6.07, 6.45) is -0.588. The van der Waals surface area contributed by atoms with Crippen LogP contribution in [0.3, 0.4) is 0 Å². The molecule has 0 aromatic carbocycles. The zero-order chi connectivity index (χ0) is 21.4. The van der Waals surface area contributed by atoms with Gasteiger partial charge in [-0.1, -0.05) is 0 Å². The molecule has 16 heteroatoms. The van der Waals surface area contributed by atoms with Crippen LogP contribution in [0.25, 0.3) is 10.8 Å². The number of sulfonamides is 1. The Bertz CT molecular complexity index is 1110. The molecule has 0 aliphatic carbocycles. The van der Waals surface area contributed by atoms with Crippen molar-refractivity contribution in [2.75, 3.05) is 4.31 Å². The van der Waals surface area contributed by atoms with E-state index in [1.165, 1.54) is 0 Å². The van der Waals surface area contributed by atoms with E-state index >= 15 is 0 Å². The summed E-state index contributed by atoms with van der Waals surface area (Å²) < 4.78 is 106. The predicted octanol–water partition coefficient (Wildman–Crippen LogP) is 3.52. The molecule has 0 aliphatic rings. The maximum Gasteiger partial charge on any atom is 0.516 e. The van der Waals surface area contributed by atoms with Gasteiger partial charge in [-0.05, 0) is 0 Å². The van der Waals surface area contributed by atoms with E-state index in [9.17, 15) is 34.8 Å². The maximum absolute atomic E-state index is 13.4. The summed E-state index contributed by atoms with van der Waals surface area (Å²) in [7, 11) is -5.93. The number of pyridine rings is 1. The topological polar surface area (TPSA) is 102 Å². The lowest BCUT2D eigenvalue weighted by Crippen LogP contribution is -2.40. The van der Waals surface area contributed by atoms with Crippen LogP contribution >= 0.6 is 11.3 Å². The number of hydrogen-bond acceptors (Lipinski definition) is 8. The first-order valence-electron chi connectivity index (χ1n) is 7.25. The van der Waals surface area contributed by atoms with Gasteiger partial charge in [0.1, 0.15) is 15.7 Å². The Kier molecular flexibility index (Phi) is 5.48. The summed E-state index contributed by atoms with van der Waals surface area (Å²) in [5, 5.41) is 6.27. The second-order valence-electron chi connectivity index (χ2n) is 5.18. The molecule has 0 N–H and O–H groups in total. The molecule has 0 unspecified atom stereocenters. The number of thiazole rings is 1.